The molecule has 0 amide bonds. The van der Waals surface area contributed by atoms with Crippen LogP contribution in [0.1, 0.15) is 22.6 Å². The topological polar surface area (TPSA) is 61.0 Å². The summed E-state index contributed by atoms with van der Waals surface area (Å²) in [6, 6.07) is 7.76. The zero-order chi connectivity index (χ0) is 13.1. The fraction of sp³-hybridized carbons (Fsp3) is 0.286. The second-order valence-electron chi connectivity index (χ2n) is 4.30. The molecule has 0 aliphatic heterocycles. The molecule has 2 aromatic rings. The Labute approximate surface area is 107 Å². The van der Waals surface area contributed by atoms with E-state index in [1.165, 1.54) is 0 Å². The fourth-order valence-electron chi connectivity index (χ4n) is 1.73. The average molecular weight is 243 g/mol. The van der Waals surface area contributed by atoms with Crippen molar-refractivity contribution in [2.45, 2.75) is 27.3 Å². The van der Waals surface area contributed by atoms with Crippen LogP contribution in [0.25, 0.3) is 0 Å². The van der Waals surface area contributed by atoms with Gasteiger partial charge in [0, 0.05) is 18.3 Å². The van der Waals surface area contributed by atoms with Crippen LogP contribution in [0, 0.1) is 20.8 Å². The van der Waals surface area contributed by atoms with E-state index in [0.29, 0.717) is 18.2 Å². The van der Waals surface area contributed by atoms with Gasteiger partial charge >= 0.3 is 0 Å². The molecule has 4 heteroatoms. The number of rotatable bonds is 3. The van der Waals surface area contributed by atoms with Gasteiger partial charge in [-0.25, -0.2) is 4.98 Å². The lowest BCUT2D eigenvalue weighted by molar-refractivity contribution is 0.455. The lowest BCUT2D eigenvalue weighted by atomic mass is 10.1. The molecule has 0 unspecified atom stereocenters. The predicted molar refractivity (Wildman–Crippen MR) is 70.7 cm³/mol. The van der Waals surface area contributed by atoms with Crippen molar-refractivity contribution in [1.82, 2.24) is 9.97 Å². The predicted octanol–water partition coefficient (Wildman–Crippen LogP) is 2.65. The van der Waals surface area contributed by atoms with Crippen molar-refractivity contribution in [3.63, 3.8) is 0 Å². The van der Waals surface area contributed by atoms with Crippen LogP contribution in [0.15, 0.2) is 24.3 Å². The lowest BCUT2D eigenvalue weighted by Gasteiger charge is -2.10. The SMILES string of the molecule is Cc1cc(Oc2cc(CN)ccc2C)nc(C)n1. The molecular weight excluding hydrogens is 226 g/mol. The molecule has 0 aliphatic carbocycles. The maximum Gasteiger partial charge on any atom is 0.222 e. The average Bonchev–Trinajstić information content (AvgIpc) is 2.30. The Morgan fingerprint density at radius 2 is 1.89 bits per heavy atom. The monoisotopic (exact) mass is 243 g/mol. The third kappa shape index (κ3) is 2.84. The number of hydrogen-bond donors (Lipinski definition) is 1. The lowest BCUT2D eigenvalue weighted by Crippen LogP contribution is -1.99. The number of ether oxygens (including phenoxy) is 1. The zero-order valence-corrected chi connectivity index (χ0v) is 10.9. The molecule has 2 N–H and O–H groups in total. The molecule has 0 atom stereocenters. The first-order valence-electron chi connectivity index (χ1n) is 5.88. The van der Waals surface area contributed by atoms with E-state index in [1.807, 2.05) is 45.0 Å². The van der Waals surface area contributed by atoms with E-state index in [-0.39, 0.29) is 0 Å². The first-order valence-corrected chi connectivity index (χ1v) is 5.88. The normalized spacial score (nSPS) is 10.4. The van der Waals surface area contributed by atoms with E-state index in [4.69, 9.17) is 10.5 Å². The molecule has 0 radical (unpaired) electrons. The van der Waals surface area contributed by atoms with Crippen molar-refractivity contribution in [2.75, 3.05) is 0 Å². The Morgan fingerprint density at radius 1 is 1.11 bits per heavy atom. The molecule has 0 fully saturated rings. The van der Waals surface area contributed by atoms with Crippen LogP contribution >= 0.6 is 0 Å². The van der Waals surface area contributed by atoms with Gasteiger partial charge < -0.3 is 10.5 Å². The highest BCUT2D eigenvalue weighted by Crippen LogP contribution is 2.25. The summed E-state index contributed by atoms with van der Waals surface area (Å²) in [6.45, 7) is 6.27. The fourth-order valence-corrected chi connectivity index (χ4v) is 1.73. The highest BCUT2D eigenvalue weighted by Gasteiger charge is 2.05. The van der Waals surface area contributed by atoms with Gasteiger partial charge in [-0.2, -0.15) is 4.98 Å². The van der Waals surface area contributed by atoms with Gasteiger partial charge in [-0.15, -0.1) is 0 Å². The van der Waals surface area contributed by atoms with Crippen molar-refractivity contribution in [2.24, 2.45) is 5.73 Å². The summed E-state index contributed by atoms with van der Waals surface area (Å²) < 4.78 is 5.81. The van der Waals surface area contributed by atoms with E-state index in [0.717, 1.165) is 22.6 Å². The summed E-state index contributed by atoms with van der Waals surface area (Å²) >= 11 is 0. The largest absolute Gasteiger partial charge is 0.439 e. The number of benzene rings is 1. The van der Waals surface area contributed by atoms with Gasteiger partial charge in [0.1, 0.15) is 11.6 Å². The second kappa shape index (κ2) is 5.14. The Morgan fingerprint density at radius 3 is 2.56 bits per heavy atom. The molecule has 94 valence electrons. The molecule has 0 aliphatic rings. The third-order valence-electron chi connectivity index (χ3n) is 2.65. The minimum atomic E-state index is 0.498. The summed E-state index contributed by atoms with van der Waals surface area (Å²) in [5.41, 5.74) is 8.62. The molecule has 0 spiro atoms. The van der Waals surface area contributed by atoms with Crippen molar-refractivity contribution >= 4 is 0 Å². The van der Waals surface area contributed by atoms with Crippen LogP contribution in [-0.4, -0.2) is 9.97 Å². The zero-order valence-electron chi connectivity index (χ0n) is 10.9. The molecule has 1 aromatic heterocycles. The minimum absolute atomic E-state index is 0.498. The van der Waals surface area contributed by atoms with Crippen molar-refractivity contribution in [1.29, 1.82) is 0 Å². The molecule has 2 rings (SSSR count). The van der Waals surface area contributed by atoms with E-state index < -0.39 is 0 Å². The first kappa shape index (κ1) is 12.5. The summed E-state index contributed by atoms with van der Waals surface area (Å²) in [6.07, 6.45) is 0. The molecule has 1 heterocycles. The smallest absolute Gasteiger partial charge is 0.222 e. The molecule has 0 saturated heterocycles. The van der Waals surface area contributed by atoms with Crippen LogP contribution < -0.4 is 10.5 Å². The number of aryl methyl sites for hydroxylation is 3. The third-order valence-corrected chi connectivity index (χ3v) is 2.65. The molecule has 18 heavy (non-hydrogen) atoms. The summed E-state index contributed by atoms with van der Waals surface area (Å²) in [5.74, 6) is 2.06. The Kier molecular flexibility index (Phi) is 3.58. The minimum Gasteiger partial charge on any atom is -0.439 e. The highest BCUT2D eigenvalue weighted by atomic mass is 16.5. The van der Waals surface area contributed by atoms with Crippen LogP contribution in [-0.2, 0) is 6.54 Å². The quantitative estimate of drug-likeness (QED) is 0.900. The van der Waals surface area contributed by atoms with Gasteiger partial charge in [0.15, 0.2) is 0 Å². The van der Waals surface area contributed by atoms with Gasteiger partial charge in [-0.05, 0) is 38.0 Å². The van der Waals surface area contributed by atoms with Gasteiger partial charge in [-0.3, -0.25) is 0 Å². The summed E-state index contributed by atoms with van der Waals surface area (Å²) in [5, 5.41) is 0. The maximum absolute atomic E-state index is 5.81. The Bertz CT molecular complexity index is 547. The van der Waals surface area contributed by atoms with E-state index in [9.17, 15) is 0 Å². The van der Waals surface area contributed by atoms with E-state index in [2.05, 4.69) is 9.97 Å². The van der Waals surface area contributed by atoms with Gasteiger partial charge in [0.05, 0.1) is 0 Å². The Balaban J connectivity index is 2.33. The standard InChI is InChI=1S/C14H17N3O/c1-9-4-5-12(8-15)7-13(9)18-14-6-10(2)16-11(3)17-14/h4-7H,8,15H2,1-3H3. The molecule has 0 saturated carbocycles. The van der Waals surface area contributed by atoms with Crippen molar-refractivity contribution in [3.05, 3.63) is 46.9 Å². The summed E-state index contributed by atoms with van der Waals surface area (Å²) in [7, 11) is 0. The maximum atomic E-state index is 5.81. The van der Waals surface area contributed by atoms with Crippen molar-refractivity contribution < 1.29 is 4.74 Å². The van der Waals surface area contributed by atoms with Gasteiger partial charge in [0.2, 0.25) is 5.88 Å². The van der Waals surface area contributed by atoms with Crippen molar-refractivity contribution in [3.8, 4) is 11.6 Å². The molecule has 0 bridgehead atoms. The molecule has 1 aromatic carbocycles. The highest BCUT2D eigenvalue weighted by molar-refractivity contribution is 5.38. The van der Waals surface area contributed by atoms with Crippen LogP contribution in [0.4, 0.5) is 0 Å². The van der Waals surface area contributed by atoms with E-state index >= 15 is 0 Å². The van der Waals surface area contributed by atoms with Gasteiger partial charge in [-0.1, -0.05) is 12.1 Å². The molecular formula is C14H17N3O. The number of hydrogen-bond acceptors (Lipinski definition) is 4. The number of nitrogens with two attached hydrogens (primary N) is 1. The van der Waals surface area contributed by atoms with Crippen LogP contribution in [0.3, 0.4) is 0 Å². The van der Waals surface area contributed by atoms with Crippen LogP contribution in [0.2, 0.25) is 0 Å². The number of aromatic nitrogens is 2. The van der Waals surface area contributed by atoms with E-state index in [1.54, 1.807) is 0 Å². The summed E-state index contributed by atoms with van der Waals surface area (Å²) in [4.78, 5) is 8.48. The number of nitrogens with zero attached hydrogens (tertiary/aromatic N) is 2. The first-order chi connectivity index (χ1) is 8.58. The molecule has 4 nitrogen and oxygen atoms in total. The second-order valence-corrected chi connectivity index (χ2v) is 4.30. The van der Waals surface area contributed by atoms with Crippen LogP contribution in [0.5, 0.6) is 11.6 Å². The Hall–Kier alpha value is -1.94. The van der Waals surface area contributed by atoms with Gasteiger partial charge in [0.25, 0.3) is 0 Å².